The number of nitrogens with zero attached hydrogens (tertiary/aromatic N) is 2. The van der Waals surface area contributed by atoms with Crippen molar-refractivity contribution in [1.82, 2.24) is 15.5 Å². The molecule has 0 aliphatic carbocycles. The van der Waals surface area contributed by atoms with Crippen LogP contribution in [0.2, 0.25) is 0 Å². The van der Waals surface area contributed by atoms with Gasteiger partial charge in [0.25, 0.3) is 0 Å². The van der Waals surface area contributed by atoms with E-state index < -0.39 is 0 Å². The number of aryl methyl sites for hydroxylation is 1. The molecule has 1 heterocycles. The zero-order valence-electron chi connectivity index (χ0n) is 12.3. The maximum atomic E-state index is 5.05. The predicted molar refractivity (Wildman–Crippen MR) is 79.9 cm³/mol. The molecule has 0 aliphatic rings. The monoisotopic (exact) mass is 271 g/mol. The summed E-state index contributed by atoms with van der Waals surface area (Å²) >= 11 is 0. The molecule has 0 amide bonds. The molecule has 1 atom stereocenters. The first-order chi connectivity index (χ1) is 9.78. The van der Waals surface area contributed by atoms with Gasteiger partial charge in [-0.1, -0.05) is 37.6 Å². The van der Waals surface area contributed by atoms with Gasteiger partial charge in [-0.2, -0.15) is 0 Å². The number of methoxy groups -OCH3 is 1. The first-order valence-corrected chi connectivity index (χ1v) is 6.92. The molecule has 0 fully saturated rings. The fraction of sp³-hybridized carbons (Fsp3) is 0.375. The highest BCUT2D eigenvalue weighted by Gasteiger charge is 2.14. The van der Waals surface area contributed by atoms with E-state index in [0.717, 1.165) is 18.5 Å². The number of nitrogens with one attached hydrogen (secondary N) is 1. The van der Waals surface area contributed by atoms with Crippen molar-refractivity contribution < 1.29 is 4.74 Å². The maximum absolute atomic E-state index is 5.05. The summed E-state index contributed by atoms with van der Waals surface area (Å²) in [5, 5.41) is 11.6. The smallest absolute Gasteiger partial charge is 0.233 e. The molecule has 0 saturated carbocycles. The predicted octanol–water partition coefficient (Wildman–Crippen LogP) is 2.75. The second kappa shape index (κ2) is 7.01. The van der Waals surface area contributed by atoms with E-state index in [2.05, 4.69) is 46.7 Å². The Morgan fingerprint density at radius 2 is 2.05 bits per heavy atom. The first-order valence-electron chi connectivity index (χ1n) is 6.92. The molecular weight excluding hydrogens is 250 g/mol. The Morgan fingerprint density at radius 1 is 1.20 bits per heavy atom. The highest BCUT2D eigenvalue weighted by Crippen LogP contribution is 2.22. The van der Waals surface area contributed by atoms with Crippen molar-refractivity contribution in [2.24, 2.45) is 0 Å². The van der Waals surface area contributed by atoms with E-state index in [1.54, 1.807) is 7.11 Å². The van der Waals surface area contributed by atoms with Crippen molar-refractivity contribution in [3.05, 3.63) is 53.2 Å². The molecule has 1 unspecified atom stereocenters. The molecule has 4 heteroatoms. The lowest BCUT2D eigenvalue weighted by Crippen LogP contribution is -2.19. The summed E-state index contributed by atoms with van der Waals surface area (Å²) in [5.41, 5.74) is 3.45. The van der Waals surface area contributed by atoms with Gasteiger partial charge in [0.05, 0.1) is 18.8 Å². The second-order valence-corrected chi connectivity index (χ2v) is 4.72. The molecule has 0 saturated heterocycles. The minimum Gasteiger partial charge on any atom is -0.480 e. The van der Waals surface area contributed by atoms with Gasteiger partial charge in [0.2, 0.25) is 5.88 Å². The fourth-order valence-electron chi connectivity index (χ4n) is 2.30. The van der Waals surface area contributed by atoms with E-state index in [0.29, 0.717) is 5.88 Å². The molecule has 0 bridgehead atoms. The Kier molecular flexibility index (Phi) is 5.07. The van der Waals surface area contributed by atoms with Crippen molar-refractivity contribution in [2.75, 3.05) is 14.2 Å². The molecule has 2 aromatic rings. The molecule has 20 heavy (non-hydrogen) atoms. The minimum absolute atomic E-state index is 0.0465. The molecule has 1 aromatic carbocycles. The second-order valence-electron chi connectivity index (χ2n) is 4.72. The highest BCUT2D eigenvalue weighted by molar-refractivity contribution is 5.31. The van der Waals surface area contributed by atoms with Crippen LogP contribution in [-0.4, -0.2) is 24.4 Å². The normalized spacial score (nSPS) is 12.2. The van der Waals surface area contributed by atoms with Crippen molar-refractivity contribution in [3.63, 3.8) is 0 Å². The van der Waals surface area contributed by atoms with E-state index in [1.165, 1.54) is 11.1 Å². The van der Waals surface area contributed by atoms with Crippen molar-refractivity contribution >= 4 is 0 Å². The van der Waals surface area contributed by atoms with Crippen molar-refractivity contribution in [3.8, 4) is 5.88 Å². The Morgan fingerprint density at radius 3 is 2.65 bits per heavy atom. The van der Waals surface area contributed by atoms with Gasteiger partial charge in [-0.25, -0.2) is 0 Å². The highest BCUT2D eigenvalue weighted by atomic mass is 16.5. The van der Waals surface area contributed by atoms with Crippen LogP contribution in [-0.2, 0) is 6.42 Å². The van der Waals surface area contributed by atoms with Gasteiger partial charge < -0.3 is 10.1 Å². The lowest BCUT2D eigenvalue weighted by atomic mass is 9.99. The van der Waals surface area contributed by atoms with Crippen molar-refractivity contribution in [1.29, 1.82) is 0 Å². The zero-order chi connectivity index (χ0) is 14.4. The fourth-order valence-corrected chi connectivity index (χ4v) is 2.30. The number of ether oxygens (including phenoxy) is 1. The van der Waals surface area contributed by atoms with Gasteiger partial charge in [-0.15, -0.1) is 10.2 Å². The van der Waals surface area contributed by atoms with E-state index in [4.69, 9.17) is 4.74 Å². The third-order valence-electron chi connectivity index (χ3n) is 3.28. The summed E-state index contributed by atoms with van der Waals surface area (Å²) in [6.07, 6.45) is 2.24. The number of hydrogen-bond acceptors (Lipinski definition) is 4. The van der Waals surface area contributed by atoms with Crippen LogP contribution in [0.4, 0.5) is 0 Å². The topological polar surface area (TPSA) is 47.0 Å². The van der Waals surface area contributed by atoms with Crippen LogP contribution in [0.1, 0.15) is 36.2 Å². The van der Waals surface area contributed by atoms with Gasteiger partial charge in [0.1, 0.15) is 0 Å². The van der Waals surface area contributed by atoms with Gasteiger partial charge >= 0.3 is 0 Å². The number of benzene rings is 1. The third-order valence-corrected chi connectivity index (χ3v) is 3.28. The lowest BCUT2D eigenvalue weighted by molar-refractivity contribution is 0.390. The molecule has 1 aromatic heterocycles. The van der Waals surface area contributed by atoms with Crippen LogP contribution < -0.4 is 10.1 Å². The number of aromatic nitrogens is 2. The first kappa shape index (κ1) is 14.5. The SMILES string of the molecule is CCCc1cccc(C(NC)c2ccc(OC)nn2)c1. The summed E-state index contributed by atoms with van der Waals surface area (Å²) in [4.78, 5) is 0. The molecular formula is C16H21N3O. The van der Waals surface area contributed by atoms with Gasteiger partial charge in [0.15, 0.2) is 0 Å². The van der Waals surface area contributed by atoms with Crippen LogP contribution in [0.5, 0.6) is 5.88 Å². The standard InChI is InChI=1S/C16H21N3O/c1-4-6-12-7-5-8-13(11-12)16(17-2)14-9-10-15(20-3)19-18-14/h5,7-11,16-17H,4,6H2,1-3H3. The van der Waals surface area contributed by atoms with Gasteiger partial charge in [0, 0.05) is 6.07 Å². The maximum Gasteiger partial charge on any atom is 0.233 e. The Hall–Kier alpha value is -1.94. The Bertz CT molecular complexity index is 540. The third kappa shape index (κ3) is 3.33. The quantitative estimate of drug-likeness (QED) is 0.877. The molecule has 0 spiro atoms. The van der Waals surface area contributed by atoms with Crippen LogP contribution in [0, 0.1) is 0 Å². The van der Waals surface area contributed by atoms with Crippen LogP contribution in [0.25, 0.3) is 0 Å². The van der Waals surface area contributed by atoms with E-state index >= 15 is 0 Å². The Labute approximate surface area is 120 Å². The number of hydrogen-bond donors (Lipinski definition) is 1. The summed E-state index contributed by atoms with van der Waals surface area (Å²) in [6, 6.07) is 12.4. The largest absolute Gasteiger partial charge is 0.480 e. The van der Waals surface area contributed by atoms with Crippen molar-refractivity contribution in [2.45, 2.75) is 25.8 Å². The average molecular weight is 271 g/mol. The van der Waals surface area contributed by atoms with E-state index in [-0.39, 0.29) is 6.04 Å². The molecule has 106 valence electrons. The summed E-state index contributed by atoms with van der Waals surface area (Å²) in [6.45, 7) is 2.19. The van der Waals surface area contributed by atoms with Crippen LogP contribution in [0.15, 0.2) is 36.4 Å². The minimum atomic E-state index is 0.0465. The zero-order valence-corrected chi connectivity index (χ0v) is 12.3. The average Bonchev–Trinajstić information content (AvgIpc) is 2.49. The summed E-state index contributed by atoms with van der Waals surface area (Å²) < 4.78 is 5.05. The Balaban J connectivity index is 2.28. The molecule has 4 nitrogen and oxygen atoms in total. The molecule has 0 aliphatic heterocycles. The molecule has 2 rings (SSSR count). The van der Waals surface area contributed by atoms with Gasteiger partial charge in [-0.05, 0) is 30.7 Å². The van der Waals surface area contributed by atoms with E-state index in [9.17, 15) is 0 Å². The summed E-state index contributed by atoms with van der Waals surface area (Å²) in [5.74, 6) is 0.531. The van der Waals surface area contributed by atoms with E-state index in [1.807, 2.05) is 19.2 Å². The van der Waals surface area contributed by atoms with Gasteiger partial charge in [-0.3, -0.25) is 0 Å². The number of rotatable bonds is 6. The molecule has 0 radical (unpaired) electrons. The lowest BCUT2D eigenvalue weighted by Gasteiger charge is -2.16. The van der Waals surface area contributed by atoms with Crippen LogP contribution >= 0.6 is 0 Å². The van der Waals surface area contributed by atoms with Crippen LogP contribution in [0.3, 0.4) is 0 Å². The molecule has 1 N–H and O–H groups in total. The summed E-state index contributed by atoms with van der Waals surface area (Å²) in [7, 11) is 3.52.